The van der Waals surface area contributed by atoms with Gasteiger partial charge in [-0.3, -0.25) is 0 Å². The predicted octanol–water partition coefficient (Wildman–Crippen LogP) is 4.07. The minimum Gasteiger partial charge on any atom is -0.393 e. The summed E-state index contributed by atoms with van der Waals surface area (Å²) in [5.74, 6) is 0.735. The maximum Gasteiger partial charge on any atom is 0.0555 e. The van der Waals surface area contributed by atoms with Crippen LogP contribution in [0.4, 0.5) is 0 Å². The minimum atomic E-state index is -0.0786. The molecule has 1 aliphatic carbocycles. The van der Waals surface area contributed by atoms with E-state index < -0.39 is 0 Å². The van der Waals surface area contributed by atoms with Gasteiger partial charge >= 0.3 is 0 Å². The van der Waals surface area contributed by atoms with E-state index in [1.807, 2.05) is 0 Å². The molecule has 0 aromatic rings. The van der Waals surface area contributed by atoms with Gasteiger partial charge in [-0.2, -0.15) is 0 Å². The summed E-state index contributed by atoms with van der Waals surface area (Å²) in [5, 5.41) is 10.1. The number of nitrogens with zero attached hydrogens (tertiary/aromatic N) is 1. The summed E-state index contributed by atoms with van der Waals surface area (Å²) in [7, 11) is 0. The molecule has 0 amide bonds. The second-order valence-corrected chi connectivity index (χ2v) is 7.02. The lowest BCUT2D eigenvalue weighted by Gasteiger charge is -2.48. The zero-order chi connectivity index (χ0) is 14.5. The predicted molar refractivity (Wildman–Crippen MR) is 83.4 cm³/mol. The molecule has 1 fully saturated rings. The lowest BCUT2D eigenvalue weighted by Crippen LogP contribution is -2.50. The molecule has 1 N–H and O–H groups in total. The zero-order valence-electron chi connectivity index (χ0n) is 13.8. The fourth-order valence-electron chi connectivity index (χ4n) is 3.72. The van der Waals surface area contributed by atoms with E-state index in [4.69, 9.17) is 0 Å². The van der Waals surface area contributed by atoms with E-state index in [-0.39, 0.29) is 6.10 Å². The van der Waals surface area contributed by atoms with Crippen LogP contribution in [-0.4, -0.2) is 35.2 Å². The van der Waals surface area contributed by atoms with E-state index in [1.54, 1.807) is 0 Å². The van der Waals surface area contributed by atoms with E-state index in [2.05, 4.69) is 39.5 Å². The number of hydrogen-bond acceptors (Lipinski definition) is 2. The first-order valence-corrected chi connectivity index (χ1v) is 8.38. The Morgan fingerprint density at radius 2 is 1.63 bits per heavy atom. The van der Waals surface area contributed by atoms with Crippen LogP contribution in [-0.2, 0) is 0 Å². The summed E-state index contributed by atoms with van der Waals surface area (Å²) < 4.78 is 0. The smallest absolute Gasteiger partial charge is 0.0555 e. The lowest BCUT2D eigenvalue weighted by molar-refractivity contribution is -0.0183. The summed E-state index contributed by atoms with van der Waals surface area (Å²) in [5.41, 5.74) is 0.393. The summed E-state index contributed by atoms with van der Waals surface area (Å²) >= 11 is 0. The molecule has 0 bridgehead atoms. The molecule has 0 aromatic heterocycles. The highest BCUT2D eigenvalue weighted by Gasteiger charge is 2.40. The maximum absolute atomic E-state index is 10.1. The van der Waals surface area contributed by atoms with Crippen LogP contribution in [0.15, 0.2) is 0 Å². The van der Waals surface area contributed by atoms with Gasteiger partial charge in [-0.05, 0) is 56.5 Å². The highest BCUT2D eigenvalue weighted by Crippen LogP contribution is 2.42. The molecule has 19 heavy (non-hydrogen) atoms. The second kappa shape index (κ2) is 7.64. The number of hydrogen-bond donors (Lipinski definition) is 1. The van der Waals surface area contributed by atoms with E-state index in [1.165, 1.54) is 38.8 Å². The molecule has 1 saturated carbocycles. The van der Waals surface area contributed by atoms with Crippen molar-refractivity contribution in [2.24, 2.45) is 11.3 Å². The highest BCUT2D eigenvalue weighted by molar-refractivity contribution is 4.93. The lowest BCUT2D eigenvalue weighted by atomic mass is 9.66. The highest BCUT2D eigenvalue weighted by atomic mass is 16.3. The Labute approximate surface area is 120 Å². The van der Waals surface area contributed by atoms with Gasteiger partial charge in [0.2, 0.25) is 0 Å². The van der Waals surface area contributed by atoms with Crippen LogP contribution in [0.5, 0.6) is 0 Å². The number of rotatable bonds is 7. The topological polar surface area (TPSA) is 23.5 Å². The molecule has 114 valence electrons. The first-order valence-electron chi connectivity index (χ1n) is 8.38. The molecular weight excluding hydrogens is 234 g/mol. The Morgan fingerprint density at radius 3 is 2.11 bits per heavy atom. The normalized spacial score (nSPS) is 28.9. The summed E-state index contributed by atoms with van der Waals surface area (Å²) in [6, 6.07) is 0.582. The SMILES string of the molecule is CCCN(CCC)C1CC(O)CCC1C(C)(C)CC. The van der Waals surface area contributed by atoms with Crippen molar-refractivity contribution < 1.29 is 5.11 Å². The first-order chi connectivity index (χ1) is 8.96. The van der Waals surface area contributed by atoms with Crippen LogP contribution in [0.2, 0.25) is 0 Å². The molecule has 0 radical (unpaired) electrons. The molecule has 0 aromatic carbocycles. The quantitative estimate of drug-likeness (QED) is 0.753. The van der Waals surface area contributed by atoms with Crippen molar-refractivity contribution in [1.29, 1.82) is 0 Å². The molecular formula is C17H35NO. The molecule has 2 nitrogen and oxygen atoms in total. The Morgan fingerprint density at radius 1 is 1.05 bits per heavy atom. The van der Waals surface area contributed by atoms with Crippen molar-refractivity contribution in [3.63, 3.8) is 0 Å². The third kappa shape index (κ3) is 4.46. The summed E-state index contributed by atoms with van der Waals surface area (Å²) in [6.45, 7) is 14.0. The van der Waals surface area contributed by atoms with E-state index in [0.717, 1.165) is 18.8 Å². The van der Waals surface area contributed by atoms with Crippen molar-refractivity contribution in [3.8, 4) is 0 Å². The van der Waals surface area contributed by atoms with Crippen molar-refractivity contribution in [1.82, 2.24) is 4.90 Å². The van der Waals surface area contributed by atoms with E-state index in [0.29, 0.717) is 11.5 Å². The second-order valence-electron chi connectivity index (χ2n) is 7.02. The number of aliphatic hydroxyl groups excluding tert-OH is 1. The molecule has 2 heteroatoms. The molecule has 0 heterocycles. The summed E-state index contributed by atoms with van der Waals surface area (Å²) in [4.78, 5) is 2.66. The molecule has 0 aliphatic heterocycles. The first kappa shape index (κ1) is 17.0. The van der Waals surface area contributed by atoms with Gasteiger partial charge in [0.15, 0.2) is 0 Å². The fourth-order valence-corrected chi connectivity index (χ4v) is 3.72. The third-order valence-electron chi connectivity index (χ3n) is 5.19. The van der Waals surface area contributed by atoms with Gasteiger partial charge < -0.3 is 10.0 Å². The molecule has 1 aliphatic rings. The minimum absolute atomic E-state index is 0.0786. The van der Waals surface area contributed by atoms with Crippen LogP contribution in [0.3, 0.4) is 0 Å². The monoisotopic (exact) mass is 269 g/mol. The molecule has 3 unspecified atom stereocenters. The van der Waals surface area contributed by atoms with Gasteiger partial charge in [0.05, 0.1) is 6.10 Å². The van der Waals surface area contributed by atoms with Crippen molar-refractivity contribution >= 4 is 0 Å². The van der Waals surface area contributed by atoms with Crippen LogP contribution >= 0.6 is 0 Å². The van der Waals surface area contributed by atoms with E-state index >= 15 is 0 Å². The Bertz CT molecular complexity index is 246. The molecule has 0 saturated heterocycles. The van der Waals surface area contributed by atoms with Crippen molar-refractivity contribution in [3.05, 3.63) is 0 Å². The zero-order valence-corrected chi connectivity index (χ0v) is 13.8. The van der Waals surface area contributed by atoms with Crippen LogP contribution in [0.1, 0.15) is 73.1 Å². The number of aliphatic hydroxyl groups is 1. The standard InChI is InChI=1S/C17H35NO/c1-6-11-18(12-7-2)16-13-14(19)9-10-15(16)17(4,5)8-3/h14-16,19H,6-13H2,1-5H3. The molecule has 3 atom stereocenters. The van der Waals surface area contributed by atoms with Gasteiger partial charge in [0, 0.05) is 6.04 Å². The van der Waals surface area contributed by atoms with E-state index in [9.17, 15) is 5.11 Å². The van der Waals surface area contributed by atoms with Crippen LogP contribution < -0.4 is 0 Å². The van der Waals surface area contributed by atoms with Gasteiger partial charge in [-0.1, -0.05) is 41.0 Å². The van der Waals surface area contributed by atoms with Gasteiger partial charge in [-0.25, -0.2) is 0 Å². The Kier molecular flexibility index (Phi) is 6.82. The summed E-state index contributed by atoms with van der Waals surface area (Å²) in [6.07, 6.45) is 6.75. The van der Waals surface area contributed by atoms with Gasteiger partial charge in [0.25, 0.3) is 0 Å². The van der Waals surface area contributed by atoms with Gasteiger partial charge in [-0.15, -0.1) is 0 Å². The molecule has 0 spiro atoms. The van der Waals surface area contributed by atoms with Crippen molar-refractivity contribution in [2.75, 3.05) is 13.1 Å². The Hall–Kier alpha value is -0.0800. The average molecular weight is 269 g/mol. The maximum atomic E-state index is 10.1. The average Bonchev–Trinajstić information content (AvgIpc) is 2.38. The third-order valence-corrected chi connectivity index (χ3v) is 5.19. The largest absolute Gasteiger partial charge is 0.393 e. The van der Waals surface area contributed by atoms with Gasteiger partial charge in [0.1, 0.15) is 0 Å². The fraction of sp³-hybridized carbons (Fsp3) is 1.00. The molecule has 1 rings (SSSR count). The van der Waals surface area contributed by atoms with Crippen molar-refractivity contribution in [2.45, 2.75) is 85.3 Å². The Balaban J connectivity index is 2.86. The van der Waals surface area contributed by atoms with Crippen LogP contribution in [0.25, 0.3) is 0 Å². The van der Waals surface area contributed by atoms with Crippen LogP contribution in [0, 0.1) is 11.3 Å².